The highest BCUT2D eigenvalue weighted by molar-refractivity contribution is 8.00. The molecule has 0 spiro atoms. The highest BCUT2D eigenvalue weighted by Gasteiger charge is 2.12. The number of carbonyl (C=O) groups excluding carboxylic acids is 1. The summed E-state index contributed by atoms with van der Waals surface area (Å²) in [6.07, 6.45) is 2.35. The summed E-state index contributed by atoms with van der Waals surface area (Å²) in [6.45, 7) is 0.599. The van der Waals surface area contributed by atoms with Gasteiger partial charge in [0.2, 0.25) is 5.91 Å². The molecule has 2 aromatic heterocycles. The molecule has 2 aromatic carbocycles. The van der Waals surface area contributed by atoms with Gasteiger partial charge < -0.3 is 10.1 Å². The minimum Gasteiger partial charge on any atom is -0.497 e. The van der Waals surface area contributed by atoms with Crippen molar-refractivity contribution in [3.05, 3.63) is 72.6 Å². The van der Waals surface area contributed by atoms with Gasteiger partial charge in [-0.25, -0.2) is 9.97 Å². The SMILES string of the molecule is COc1ccc(CCNC(=O)CSc2ncnc3sc(-c4ccccc4)cc23)cc1. The second-order valence-electron chi connectivity index (χ2n) is 6.61. The quantitative estimate of drug-likeness (QED) is 0.318. The Morgan fingerprint density at radius 3 is 2.67 bits per heavy atom. The minimum absolute atomic E-state index is 0.00112. The van der Waals surface area contributed by atoms with Crippen LogP contribution in [-0.2, 0) is 11.2 Å². The van der Waals surface area contributed by atoms with E-state index in [0.29, 0.717) is 12.3 Å². The van der Waals surface area contributed by atoms with Crippen LogP contribution in [-0.4, -0.2) is 35.3 Å². The van der Waals surface area contributed by atoms with Gasteiger partial charge in [-0.2, -0.15) is 0 Å². The van der Waals surface area contributed by atoms with Gasteiger partial charge in [-0.05, 0) is 35.7 Å². The molecule has 0 aliphatic rings. The van der Waals surface area contributed by atoms with Gasteiger partial charge in [-0.3, -0.25) is 4.79 Å². The predicted octanol–water partition coefficient (Wildman–Crippen LogP) is 4.82. The molecule has 5 nitrogen and oxygen atoms in total. The number of hydrogen-bond donors (Lipinski definition) is 1. The Balaban J connectivity index is 1.33. The fourth-order valence-electron chi connectivity index (χ4n) is 3.02. The number of methoxy groups -OCH3 is 1. The fourth-order valence-corrected chi connectivity index (χ4v) is 4.89. The van der Waals surface area contributed by atoms with Crippen molar-refractivity contribution in [1.82, 2.24) is 15.3 Å². The Labute approximate surface area is 183 Å². The van der Waals surface area contributed by atoms with Crippen LogP contribution in [0.1, 0.15) is 5.56 Å². The van der Waals surface area contributed by atoms with E-state index in [0.717, 1.165) is 43.4 Å². The first-order valence-electron chi connectivity index (χ1n) is 9.55. The number of nitrogens with zero attached hydrogens (tertiary/aromatic N) is 2. The van der Waals surface area contributed by atoms with Crippen molar-refractivity contribution in [3.63, 3.8) is 0 Å². The Hall–Kier alpha value is -2.90. The molecule has 0 radical (unpaired) electrons. The van der Waals surface area contributed by atoms with Crippen LogP contribution < -0.4 is 10.1 Å². The summed E-state index contributed by atoms with van der Waals surface area (Å²) in [6, 6.07) is 20.2. The van der Waals surface area contributed by atoms with Gasteiger partial charge in [0, 0.05) is 16.8 Å². The van der Waals surface area contributed by atoms with Crippen molar-refractivity contribution >= 4 is 39.2 Å². The van der Waals surface area contributed by atoms with E-state index in [4.69, 9.17) is 4.74 Å². The van der Waals surface area contributed by atoms with E-state index in [1.807, 2.05) is 42.5 Å². The van der Waals surface area contributed by atoms with Gasteiger partial charge in [0.15, 0.2) is 0 Å². The van der Waals surface area contributed by atoms with Gasteiger partial charge in [0.1, 0.15) is 21.9 Å². The number of ether oxygens (including phenoxy) is 1. The molecule has 0 aliphatic heterocycles. The summed E-state index contributed by atoms with van der Waals surface area (Å²) in [5, 5.41) is 4.81. The molecule has 2 heterocycles. The average Bonchev–Trinajstić information content (AvgIpc) is 3.24. The molecule has 0 aliphatic carbocycles. The van der Waals surface area contributed by atoms with Crippen LogP contribution in [0.5, 0.6) is 5.75 Å². The fraction of sp³-hybridized carbons (Fsp3) is 0.174. The molecule has 1 amide bonds. The van der Waals surface area contributed by atoms with Crippen molar-refractivity contribution in [1.29, 1.82) is 0 Å². The summed E-state index contributed by atoms with van der Waals surface area (Å²) in [4.78, 5) is 23.2. The van der Waals surface area contributed by atoms with Gasteiger partial charge in [-0.15, -0.1) is 11.3 Å². The largest absolute Gasteiger partial charge is 0.497 e. The highest BCUT2D eigenvalue weighted by Crippen LogP contribution is 2.35. The molecule has 0 unspecified atom stereocenters. The topological polar surface area (TPSA) is 64.1 Å². The number of carbonyl (C=O) groups is 1. The van der Waals surface area contributed by atoms with Crippen molar-refractivity contribution < 1.29 is 9.53 Å². The summed E-state index contributed by atoms with van der Waals surface area (Å²) < 4.78 is 5.16. The number of thioether (sulfide) groups is 1. The number of fused-ring (bicyclic) bond motifs is 1. The lowest BCUT2D eigenvalue weighted by molar-refractivity contribution is -0.118. The summed E-state index contributed by atoms with van der Waals surface area (Å²) in [7, 11) is 1.65. The van der Waals surface area contributed by atoms with Crippen LogP contribution in [0.2, 0.25) is 0 Å². The summed E-state index contributed by atoms with van der Waals surface area (Å²) >= 11 is 3.08. The lowest BCUT2D eigenvalue weighted by atomic mass is 10.1. The van der Waals surface area contributed by atoms with E-state index in [2.05, 4.69) is 33.5 Å². The third-order valence-corrected chi connectivity index (χ3v) is 6.68. The lowest BCUT2D eigenvalue weighted by Gasteiger charge is -2.06. The van der Waals surface area contributed by atoms with Crippen molar-refractivity contribution in [2.24, 2.45) is 0 Å². The molecule has 0 atom stereocenters. The normalized spacial score (nSPS) is 10.8. The van der Waals surface area contributed by atoms with Gasteiger partial charge in [-0.1, -0.05) is 54.2 Å². The van der Waals surface area contributed by atoms with Crippen molar-refractivity contribution in [2.75, 3.05) is 19.4 Å². The maximum absolute atomic E-state index is 12.3. The molecule has 7 heteroatoms. The third-order valence-electron chi connectivity index (χ3n) is 4.59. The third kappa shape index (κ3) is 4.98. The molecule has 0 fully saturated rings. The zero-order valence-electron chi connectivity index (χ0n) is 16.5. The standard InChI is InChI=1S/C23H21N3O2S2/c1-28-18-9-7-16(8-10-18)11-12-24-21(27)14-29-22-19-13-20(17-5-3-2-4-6-17)30-23(19)26-15-25-22/h2-10,13,15H,11-12,14H2,1H3,(H,24,27). The van der Waals surface area contributed by atoms with E-state index in [9.17, 15) is 4.79 Å². The molecule has 4 aromatic rings. The molecule has 152 valence electrons. The van der Waals surface area contributed by atoms with Gasteiger partial charge in [0.05, 0.1) is 12.9 Å². The zero-order chi connectivity index (χ0) is 20.8. The van der Waals surface area contributed by atoms with E-state index in [1.54, 1.807) is 24.8 Å². The summed E-state index contributed by atoms with van der Waals surface area (Å²) in [5.41, 5.74) is 2.32. The first-order valence-corrected chi connectivity index (χ1v) is 11.4. The number of amides is 1. The van der Waals surface area contributed by atoms with Gasteiger partial charge >= 0.3 is 0 Å². The van der Waals surface area contributed by atoms with Crippen LogP contribution >= 0.6 is 23.1 Å². The van der Waals surface area contributed by atoms with Crippen LogP contribution in [0.4, 0.5) is 0 Å². The smallest absolute Gasteiger partial charge is 0.230 e. The van der Waals surface area contributed by atoms with Crippen molar-refractivity contribution in [2.45, 2.75) is 11.4 Å². The Morgan fingerprint density at radius 1 is 1.10 bits per heavy atom. The number of hydrogen-bond acceptors (Lipinski definition) is 6. The number of nitrogens with one attached hydrogen (secondary N) is 1. The first-order chi connectivity index (χ1) is 14.7. The lowest BCUT2D eigenvalue weighted by Crippen LogP contribution is -2.27. The molecule has 4 rings (SSSR count). The molecule has 0 saturated carbocycles. The second kappa shape index (κ2) is 9.73. The summed E-state index contributed by atoms with van der Waals surface area (Å²) in [5.74, 6) is 1.16. The molecule has 0 saturated heterocycles. The molecular formula is C23H21N3O2S2. The first kappa shape index (κ1) is 20.4. The highest BCUT2D eigenvalue weighted by atomic mass is 32.2. The van der Waals surface area contributed by atoms with Crippen molar-refractivity contribution in [3.8, 4) is 16.2 Å². The average molecular weight is 436 g/mol. The predicted molar refractivity (Wildman–Crippen MR) is 123 cm³/mol. The van der Waals surface area contributed by atoms with Gasteiger partial charge in [0.25, 0.3) is 0 Å². The number of rotatable bonds is 8. The van der Waals surface area contributed by atoms with Crippen LogP contribution in [0.3, 0.4) is 0 Å². The maximum Gasteiger partial charge on any atom is 0.230 e. The van der Waals surface area contributed by atoms with Crippen LogP contribution in [0, 0.1) is 0 Å². The van der Waals surface area contributed by atoms with Crippen LogP contribution in [0.15, 0.2) is 72.0 Å². The number of benzene rings is 2. The maximum atomic E-state index is 12.3. The molecule has 1 N–H and O–H groups in total. The number of aromatic nitrogens is 2. The van der Waals surface area contributed by atoms with E-state index < -0.39 is 0 Å². The molecule has 30 heavy (non-hydrogen) atoms. The van der Waals surface area contributed by atoms with E-state index in [-0.39, 0.29) is 5.91 Å². The Kier molecular flexibility index (Phi) is 6.61. The second-order valence-corrected chi connectivity index (χ2v) is 8.61. The number of thiophene rings is 1. The minimum atomic E-state index is -0.00112. The Bertz CT molecular complexity index is 1130. The van der Waals surface area contributed by atoms with E-state index in [1.165, 1.54) is 11.8 Å². The van der Waals surface area contributed by atoms with E-state index >= 15 is 0 Å². The molecule has 0 bridgehead atoms. The Morgan fingerprint density at radius 2 is 1.90 bits per heavy atom. The van der Waals surface area contributed by atoms with Crippen LogP contribution in [0.25, 0.3) is 20.7 Å². The zero-order valence-corrected chi connectivity index (χ0v) is 18.1. The molecular weight excluding hydrogens is 414 g/mol. The monoisotopic (exact) mass is 435 g/mol.